The average Bonchev–Trinajstić information content (AvgIpc) is 3.18. The Balaban J connectivity index is 1.29. The fraction of sp³-hybridized carbons (Fsp3) is 0.136. The molecule has 0 radical (unpaired) electrons. The molecule has 8 heteroatoms. The summed E-state index contributed by atoms with van der Waals surface area (Å²) < 4.78 is 15.9. The highest BCUT2D eigenvalue weighted by molar-refractivity contribution is 7.13. The minimum absolute atomic E-state index is 0.0565. The van der Waals surface area contributed by atoms with Crippen LogP contribution >= 0.6 is 11.3 Å². The van der Waals surface area contributed by atoms with Crippen LogP contribution in [-0.2, 0) is 16.1 Å². The molecular weight excluding hydrogens is 404 g/mol. The Labute approximate surface area is 175 Å². The van der Waals surface area contributed by atoms with E-state index in [1.165, 1.54) is 17.4 Å². The van der Waals surface area contributed by atoms with E-state index in [4.69, 9.17) is 13.9 Å². The lowest BCUT2D eigenvalue weighted by atomic mass is 10.1. The summed E-state index contributed by atoms with van der Waals surface area (Å²) in [6.45, 7) is 1.62. The van der Waals surface area contributed by atoms with Gasteiger partial charge in [-0.05, 0) is 36.8 Å². The van der Waals surface area contributed by atoms with Gasteiger partial charge in [0.05, 0.1) is 5.69 Å². The molecule has 2 aromatic carbocycles. The fourth-order valence-electron chi connectivity index (χ4n) is 2.81. The van der Waals surface area contributed by atoms with E-state index in [1.54, 1.807) is 18.2 Å². The van der Waals surface area contributed by atoms with E-state index in [0.717, 1.165) is 21.8 Å². The van der Waals surface area contributed by atoms with Crippen LogP contribution < -0.4 is 15.7 Å². The summed E-state index contributed by atoms with van der Waals surface area (Å²) in [5.41, 5.74) is 2.38. The van der Waals surface area contributed by atoms with Crippen LogP contribution in [0.2, 0.25) is 0 Å². The van der Waals surface area contributed by atoms with Crippen LogP contribution in [0.5, 0.6) is 5.75 Å². The largest absolute Gasteiger partial charge is 0.482 e. The van der Waals surface area contributed by atoms with Crippen molar-refractivity contribution in [2.24, 2.45) is 0 Å². The van der Waals surface area contributed by atoms with Crippen LogP contribution in [-0.4, -0.2) is 17.6 Å². The summed E-state index contributed by atoms with van der Waals surface area (Å²) in [5.74, 6) is -0.109. The van der Waals surface area contributed by atoms with E-state index >= 15 is 0 Å². The first-order chi connectivity index (χ1) is 14.6. The average molecular weight is 422 g/mol. The molecule has 0 unspecified atom stereocenters. The van der Waals surface area contributed by atoms with E-state index < -0.39 is 11.6 Å². The normalized spacial score (nSPS) is 10.7. The zero-order valence-electron chi connectivity index (χ0n) is 16.1. The molecule has 0 aliphatic carbocycles. The molecule has 152 valence electrons. The molecule has 0 fully saturated rings. The lowest BCUT2D eigenvalue weighted by Gasteiger charge is -2.07. The van der Waals surface area contributed by atoms with Crippen molar-refractivity contribution in [1.29, 1.82) is 0 Å². The summed E-state index contributed by atoms with van der Waals surface area (Å²) in [6.07, 6.45) is 0. The minimum atomic E-state index is -0.522. The van der Waals surface area contributed by atoms with Crippen LogP contribution in [0, 0.1) is 6.92 Å². The Morgan fingerprint density at radius 3 is 2.83 bits per heavy atom. The highest BCUT2D eigenvalue weighted by Gasteiger charge is 2.09. The second-order valence-electron chi connectivity index (χ2n) is 6.49. The monoisotopic (exact) mass is 422 g/mol. The van der Waals surface area contributed by atoms with Crippen LogP contribution in [0.4, 0.5) is 10.8 Å². The zero-order chi connectivity index (χ0) is 20.9. The Morgan fingerprint density at radius 2 is 2.00 bits per heavy atom. The summed E-state index contributed by atoms with van der Waals surface area (Å²) in [7, 11) is 0. The SMILES string of the molecule is Cc1cc(=O)oc2cc(OCC(=O)OCc3csc(Nc4ccccc4)n3)ccc12. The van der Waals surface area contributed by atoms with Gasteiger partial charge in [0.1, 0.15) is 17.9 Å². The molecule has 4 aromatic rings. The van der Waals surface area contributed by atoms with Crippen molar-refractivity contribution in [3.05, 3.63) is 81.7 Å². The van der Waals surface area contributed by atoms with Crippen molar-refractivity contribution in [1.82, 2.24) is 4.98 Å². The summed E-state index contributed by atoms with van der Waals surface area (Å²) in [6, 6.07) is 16.2. The van der Waals surface area contributed by atoms with Crippen molar-refractivity contribution in [2.45, 2.75) is 13.5 Å². The molecule has 7 nitrogen and oxygen atoms in total. The molecule has 2 heterocycles. The number of hydrogen-bond donors (Lipinski definition) is 1. The van der Waals surface area contributed by atoms with Crippen LogP contribution in [0.15, 0.2) is 69.2 Å². The third kappa shape index (κ3) is 4.84. The molecule has 0 bridgehead atoms. The standard InChI is InChI=1S/C22H18N2O5S/c1-14-9-20(25)29-19-10-17(7-8-18(14)19)27-12-21(26)28-11-16-13-30-22(24-16)23-15-5-3-2-4-6-15/h2-10,13H,11-12H2,1H3,(H,23,24). The molecule has 0 amide bonds. The molecule has 0 spiro atoms. The molecule has 0 saturated carbocycles. The number of hydrogen-bond acceptors (Lipinski definition) is 8. The Morgan fingerprint density at radius 1 is 1.17 bits per heavy atom. The number of carbonyl (C=O) groups excluding carboxylic acids is 1. The second-order valence-corrected chi connectivity index (χ2v) is 7.35. The number of aromatic nitrogens is 1. The number of aryl methyl sites for hydroxylation is 1. The quantitative estimate of drug-likeness (QED) is 0.348. The molecular formula is C22H18N2O5S. The number of para-hydroxylation sites is 1. The number of thiazole rings is 1. The summed E-state index contributed by atoms with van der Waals surface area (Å²) >= 11 is 1.43. The molecule has 0 aliphatic heterocycles. The molecule has 2 aromatic heterocycles. The number of carbonyl (C=O) groups is 1. The highest BCUT2D eigenvalue weighted by Crippen LogP contribution is 2.23. The first-order valence-corrected chi connectivity index (χ1v) is 10.0. The van der Waals surface area contributed by atoms with Crippen LogP contribution in [0.3, 0.4) is 0 Å². The number of fused-ring (bicyclic) bond motifs is 1. The minimum Gasteiger partial charge on any atom is -0.482 e. The van der Waals surface area contributed by atoms with Crippen molar-refractivity contribution in [3.8, 4) is 5.75 Å². The predicted molar refractivity (Wildman–Crippen MR) is 114 cm³/mol. The topological polar surface area (TPSA) is 90.7 Å². The van der Waals surface area contributed by atoms with Gasteiger partial charge in [-0.3, -0.25) is 0 Å². The number of benzene rings is 2. The molecule has 0 saturated heterocycles. The third-order valence-corrected chi connectivity index (χ3v) is 5.04. The Bertz CT molecular complexity index is 1230. The van der Waals surface area contributed by atoms with Gasteiger partial charge in [0.15, 0.2) is 11.7 Å². The first kappa shape index (κ1) is 19.7. The smallest absolute Gasteiger partial charge is 0.344 e. The first-order valence-electron chi connectivity index (χ1n) is 9.16. The van der Waals surface area contributed by atoms with Crippen molar-refractivity contribution < 1.29 is 18.7 Å². The summed E-state index contributed by atoms with van der Waals surface area (Å²) in [4.78, 5) is 27.9. The molecule has 30 heavy (non-hydrogen) atoms. The van der Waals surface area contributed by atoms with Gasteiger partial charge in [-0.2, -0.15) is 0 Å². The second kappa shape index (κ2) is 8.79. The van der Waals surface area contributed by atoms with Gasteiger partial charge in [0.25, 0.3) is 0 Å². The van der Waals surface area contributed by atoms with Gasteiger partial charge < -0.3 is 19.2 Å². The lowest BCUT2D eigenvalue weighted by molar-refractivity contribution is -0.147. The van der Waals surface area contributed by atoms with Gasteiger partial charge in [-0.1, -0.05) is 18.2 Å². The number of nitrogens with one attached hydrogen (secondary N) is 1. The van der Waals surface area contributed by atoms with E-state index in [0.29, 0.717) is 17.0 Å². The molecule has 0 aliphatic rings. The maximum absolute atomic E-state index is 12.0. The van der Waals surface area contributed by atoms with Crippen LogP contribution in [0.1, 0.15) is 11.3 Å². The van der Waals surface area contributed by atoms with E-state index in [-0.39, 0.29) is 13.2 Å². The van der Waals surface area contributed by atoms with Crippen molar-refractivity contribution >= 4 is 39.1 Å². The number of anilines is 2. The molecule has 1 N–H and O–H groups in total. The van der Waals surface area contributed by atoms with Gasteiger partial charge >= 0.3 is 11.6 Å². The third-order valence-electron chi connectivity index (χ3n) is 4.24. The van der Waals surface area contributed by atoms with Crippen LogP contribution in [0.25, 0.3) is 11.0 Å². The zero-order valence-corrected chi connectivity index (χ0v) is 16.9. The maximum Gasteiger partial charge on any atom is 0.344 e. The van der Waals surface area contributed by atoms with Gasteiger partial charge in [0.2, 0.25) is 0 Å². The number of esters is 1. The van der Waals surface area contributed by atoms with Crippen molar-refractivity contribution in [3.63, 3.8) is 0 Å². The van der Waals surface area contributed by atoms with Crippen molar-refractivity contribution in [2.75, 3.05) is 11.9 Å². The van der Waals surface area contributed by atoms with E-state index in [9.17, 15) is 9.59 Å². The predicted octanol–water partition coefficient (Wildman–Crippen LogP) is 4.42. The number of nitrogens with zero attached hydrogens (tertiary/aromatic N) is 1. The fourth-order valence-corrected chi connectivity index (χ4v) is 3.52. The Hall–Kier alpha value is -3.65. The van der Waals surface area contributed by atoms with Gasteiger partial charge in [0, 0.05) is 28.6 Å². The van der Waals surface area contributed by atoms with E-state index in [1.807, 2.05) is 42.6 Å². The molecule has 4 rings (SSSR count). The number of rotatable bonds is 7. The van der Waals surface area contributed by atoms with Gasteiger partial charge in [-0.25, -0.2) is 14.6 Å². The highest BCUT2D eigenvalue weighted by atomic mass is 32.1. The molecule has 0 atom stereocenters. The maximum atomic E-state index is 12.0. The van der Waals surface area contributed by atoms with E-state index in [2.05, 4.69) is 10.3 Å². The lowest BCUT2D eigenvalue weighted by Crippen LogP contribution is -2.14. The number of ether oxygens (including phenoxy) is 2. The Kier molecular flexibility index (Phi) is 5.76. The summed E-state index contributed by atoms with van der Waals surface area (Å²) in [5, 5.41) is 6.55. The van der Waals surface area contributed by atoms with Gasteiger partial charge in [-0.15, -0.1) is 11.3 Å².